The molecular weight excluding hydrogens is 408 g/mol. The number of benzene rings is 2. The number of aromatic nitrogens is 2. The molecule has 0 amide bonds. The molecular formula is C25H31ClN4O. The Bertz CT molecular complexity index is 958. The molecule has 2 N–H and O–H groups in total. The molecule has 1 aliphatic heterocycles. The number of likely N-dealkylation sites (tertiary alicyclic amines) is 1. The normalized spacial score (nSPS) is 24.0. The summed E-state index contributed by atoms with van der Waals surface area (Å²) in [4.78, 5) is 2.45. The van der Waals surface area contributed by atoms with E-state index in [1.54, 1.807) is 6.20 Å². The third kappa shape index (κ3) is 4.70. The quantitative estimate of drug-likeness (QED) is 0.545. The van der Waals surface area contributed by atoms with Crippen LogP contribution in [0.4, 0.5) is 0 Å². The first-order valence-electron chi connectivity index (χ1n) is 11.0. The van der Waals surface area contributed by atoms with Crippen LogP contribution in [0.2, 0.25) is 5.02 Å². The van der Waals surface area contributed by atoms with Gasteiger partial charge in [-0.05, 0) is 67.3 Å². The van der Waals surface area contributed by atoms with Gasteiger partial charge in [0.05, 0.1) is 12.3 Å². The van der Waals surface area contributed by atoms with Gasteiger partial charge >= 0.3 is 0 Å². The summed E-state index contributed by atoms with van der Waals surface area (Å²) in [6, 6.07) is 18.8. The Balaban J connectivity index is 1.44. The van der Waals surface area contributed by atoms with Crippen molar-refractivity contribution < 1.29 is 5.11 Å². The topological polar surface area (TPSA) is 53.3 Å². The van der Waals surface area contributed by atoms with E-state index in [9.17, 15) is 5.11 Å². The largest absolute Gasteiger partial charge is 0.394 e. The summed E-state index contributed by atoms with van der Waals surface area (Å²) in [6.45, 7) is 7.11. The Morgan fingerprint density at radius 3 is 2.52 bits per heavy atom. The first kappa shape index (κ1) is 22.0. The molecule has 4 rings (SSSR count). The lowest BCUT2D eigenvalue weighted by Gasteiger charge is -2.37. The monoisotopic (exact) mass is 438 g/mol. The maximum Gasteiger partial charge on any atom is 0.0645 e. The zero-order chi connectivity index (χ0) is 21.8. The van der Waals surface area contributed by atoms with Crippen LogP contribution in [0.15, 0.2) is 67.0 Å². The van der Waals surface area contributed by atoms with Crippen LogP contribution in [-0.2, 0) is 6.54 Å². The van der Waals surface area contributed by atoms with Crippen LogP contribution in [0.3, 0.4) is 0 Å². The Labute approximate surface area is 189 Å². The lowest BCUT2D eigenvalue weighted by Crippen LogP contribution is -2.45. The van der Waals surface area contributed by atoms with Gasteiger partial charge in [-0.2, -0.15) is 5.10 Å². The Hall–Kier alpha value is -2.18. The minimum Gasteiger partial charge on any atom is -0.394 e. The summed E-state index contributed by atoms with van der Waals surface area (Å²) >= 11 is 6.13. The van der Waals surface area contributed by atoms with Crippen molar-refractivity contribution in [2.75, 3.05) is 19.7 Å². The van der Waals surface area contributed by atoms with Crippen molar-refractivity contribution in [1.82, 2.24) is 20.0 Å². The third-order valence-electron chi connectivity index (χ3n) is 6.51. The predicted octanol–water partition coefficient (Wildman–Crippen LogP) is 4.45. The molecule has 0 radical (unpaired) electrons. The standard InChI is InChI=1S/C25H31ClN4O/c1-3-29-24(20-7-9-22(26)10-8-20)21(15-25(29,2)18-31)17-27-16-19-5-11-23(12-6-19)30-14-4-13-28-30/h4-14,21,24,27,31H,3,15-18H2,1-2H3/t21-,24+,25+/m1/s1. The number of aliphatic hydroxyl groups excluding tert-OH is 1. The van der Waals surface area contributed by atoms with Gasteiger partial charge < -0.3 is 10.4 Å². The van der Waals surface area contributed by atoms with Gasteiger partial charge in [0, 0.05) is 42.1 Å². The molecule has 3 atom stereocenters. The van der Waals surface area contributed by atoms with Gasteiger partial charge in [-0.1, -0.05) is 42.8 Å². The van der Waals surface area contributed by atoms with E-state index in [4.69, 9.17) is 11.6 Å². The number of hydrogen-bond donors (Lipinski definition) is 2. The molecule has 0 unspecified atom stereocenters. The average molecular weight is 439 g/mol. The molecule has 164 valence electrons. The second-order valence-electron chi connectivity index (χ2n) is 8.65. The SMILES string of the molecule is CCN1[C@@H](c2ccc(Cl)cc2)[C@@H](CNCc2ccc(-n3cccn3)cc2)C[C@@]1(C)CO. The van der Waals surface area contributed by atoms with Crippen molar-refractivity contribution in [3.63, 3.8) is 0 Å². The molecule has 0 bridgehead atoms. The highest BCUT2D eigenvalue weighted by atomic mass is 35.5. The molecule has 1 aliphatic rings. The molecule has 1 saturated heterocycles. The fraction of sp³-hybridized carbons (Fsp3) is 0.400. The number of nitrogens with zero attached hydrogens (tertiary/aromatic N) is 3. The van der Waals surface area contributed by atoms with E-state index in [2.05, 4.69) is 65.6 Å². The molecule has 5 nitrogen and oxygen atoms in total. The minimum absolute atomic E-state index is 0.163. The van der Waals surface area contributed by atoms with Gasteiger partial charge in [-0.25, -0.2) is 4.68 Å². The van der Waals surface area contributed by atoms with Gasteiger partial charge in [-0.3, -0.25) is 4.90 Å². The molecule has 2 heterocycles. The third-order valence-corrected chi connectivity index (χ3v) is 6.76. The first-order chi connectivity index (χ1) is 15.0. The van der Waals surface area contributed by atoms with Gasteiger partial charge in [0.15, 0.2) is 0 Å². The summed E-state index contributed by atoms with van der Waals surface area (Å²) < 4.78 is 1.86. The maximum absolute atomic E-state index is 10.2. The second-order valence-corrected chi connectivity index (χ2v) is 9.09. The molecule has 0 saturated carbocycles. The molecule has 6 heteroatoms. The van der Waals surface area contributed by atoms with Crippen LogP contribution in [0, 0.1) is 5.92 Å². The molecule has 0 aliphatic carbocycles. The van der Waals surface area contributed by atoms with Gasteiger partial charge in [0.2, 0.25) is 0 Å². The van der Waals surface area contributed by atoms with E-state index in [-0.39, 0.29) is 18.2 Å². The molecule has 3 aromatic rings. The molecule has 31 heavy (non-hydrogen) atoms. The van der Waals surface area contributed by atoms with E-state index in [0.717, 1.165) is 36.8 Å². The van der Waals surface area contributed by atoms with Crippen molar-refractivity contribution in [1.29, 1.82) is 0 Å². The summed E-state index contributed by atoms with van der Waals surface area (Å²) in [7, 11) is 0. The molecule has 1 fully saturated rings. The first-order valence-corrected chi connectivity index (χ1v) is 11.3. The highest BCUT2D eigenvalue weighted by Crippen LogP contribution is 2.46. The van der Waals surface area contributed by atoms with Crippen LogP contribution in [0.1, 0.15) is 37.4 Å². The van der Waals surface area contributed by atoms with Crippen LogP contribution < -0.4 is 5.32 Å². The molecule has 0 spiro atoms. The summed E-state index contributed by atoms with van der Waals surface area (Å²) in [5, 5.41) is 18.9. The van der Waals surface area contributed by atoms with E-state index in [1.807, 2.05) is 29.1 Å². The van der Waals surface area contributed by atoms with Crippen molar-refractivity contribution in [2.45, 2.75) is 38.4 Å². The zero-order valence-corrected chi connectivity index (χ0v) is 19.0. The predicted molar refractivity (Wildman–Crippen MR) is 125 cm³/mol. The Morgan fingerprint density at radius 2 is 1.90 bits per heavy atom. The molecule has 1 aromatic heterocycles. The minimum atomic E-state index is -0.211. The lowest BCUT2D eigenvalue weighted by atomic mass is 9.90. The van der Waals surface area contributed by atoms with E-state index in [1.165, 1.54) is 11.1 Å². The van der Waals surface area contributed by atoms with Crippen molar-refractivity contribution in [3.8, 4) is 5.69 Å². The van der Waals surface area contributed by atoms with Crippen LogP contribution in [0.25, 0.3) is 5.69 Å². The fourth-order valence-corrected chi connectivity index (χ4v) is 5.13. The number of nitrogens with one attached hydrogen (secondary N) is 1. The van der Waals surface area contributed by atoms with E-state index >= 15 is 0 Å². The zero-order valence-electron chi connectivity index (χ0n) is 18.2. The van der Waals surface area contributed by atoms with Crippen LogP contribution in [-0.4, -0.2) is 45.0 Å². The lowest BCUT2D eigenvalue weighted by molar-refractivity contribution is 0.0579. The van der Waals surface area contributed by atoms with Crippen molar-refractivity contribution in [3.05, 3.63) is 83.1 Å². The van der Waals surface area contributed by atoms with E-state index in [0.29, 0.717) is 5.92 Å². The average Bonchev–Trinajstić information content (AvgIpc) is 3.42. The van der Waals surface area contributed by atoms with Crippen LogP contribution in [0.5, 0.6) is 0 Å². The van der Waals surface area contributed by atoms with E-state index < -0.39 is 0 Å². The van der Waals surface area contributed by atoms with Crippen molar-refractivity contribution >= 4 is 11.6 Å². The van der Waals surface area contributed by atoms with Gasteiger partial charge in [-0.15, -0.1) is 0 Å². The highest BCUT2D eigenvalue weighted by molar-refractivity contribution is 6.30. The Morgan fingerprint density at radius 1 is 1.16 bits per heavy atom. The second kappa shape index (κ2) is 9.53. The number of aliphatic hydroxyl groups is 1. The Kier molecular flexibility index (Phi) is 6.77. The number of hydrogen-bond acceptors (Lipinski definition) is 4. The summed E-state index contributed by atoms with van der Waals surface area (Å²) in [5.41, 5.74) is 3.36. The fourth-order valence-electron chi connectivity index (χ4n) is 5.00. The number of rotatable bonds is 8. The number of halogens is 1. The summed E-state index contributed by atoms with van der Waals surface area (Å²) in [6.07, 6.45) is 4.69. The van der Waals surface area contributed by atoms with Crippen molar-refractivity contribution in [2.24, 2.45) is 5.92 Å². The van der Waals surface area contributed by atoms with Gasteiger partial charge in [0.25, 0.3) is 0 Å². The highest BCUT2D eigenvalue weighted by Gasteiger charge is 2.47. The van der Waals surface area contributed by atoms with Gasteiger partial charge in [0.1, 0.15) is 0 Å². The smallest absolute Gasteiger partial charge is 0.0645 e. The van der Waals surface area contributed by atoms with Crippen LogP contribution >= 0.6 is 11.6 Å². The number of likely N-dealkylation sites (N-methyl/N-ethyl adjacent to an activating group) is 1. The molecule has 2 aromatic carbocycles. The maximum atomic E-state index is 10.2. The summed E-state index contributed by atoms with van der Waals surface area (Å²) in [5.74, 6) is 0.404.